The smallest absolute Gasteiger partial charge is 0.248 e. The van der Waals surface area contributed by atoms with E-state index in [0.29, 0.717) is 11.5 Å². The van der Waals surface area contributed by atoms with Gasteiger partial charge in [0.05, 0.1) is 0 Å². The molecular weight excluding hydrogens is 248 g/mol. The molecular formula is C17H18N2O. The summed E-state index contributed by atoms with van der Waals surface area (Å²) in [7, 11) is 0. The van der Waals surface area contributed by atoms with Crippen molar-refractivity contribution in [1.29, 1.82) is 0 Å². The Morgan fingerprint density at radius 2 is 1.65 bits per heavy atom. The van der Waals surface area contributed by atoms with Crippen LogP contribution < -0.4 is 11.1 Å². The average molecular weight is 266 g/mol. The summed E-state index contributed by atoms with van der Waals surface area (Å²) in [6.07, 6.45) is 2.28. The highest BCUT2D eigenvalue weighted by molar-refractivity contribution is 5.93. The minimum atomic E-state index is -0.386. The van der Waals surface area contributed by atoms with Gasteiger partial charge >= 0.3 is 0 Å². The van der Waals surface area contributed by atoms with Crippen LogP contribution in [0.15, 0.2) is 48.5 Å². The molecule has 0 fully saturated rings. The second-order valence-electron chi connectivity index (χ2n) is 5.37. The summed E-state index contributed by atoms with van der Waals surface area (Å²) in [6.45, 7) is 0.949. The normalized spacial score (nSPS) is 14.0. The van der Waals surface area contributed by atoms with Gasteiger partial charge in [-0.3, -0.25) is 4.79 Å². The van der Waals surface area contributed by atoms with Crippen molar-refractivity contribution in [2.45, 2.75) is 12.8 Å². The lowest BCUT2D eigenvalue weighted by atomic mass is 10.1. The van der Waals surface area contributed by atoms with E-state index in [9.17, 15) is 4.79 Å². The number of hydrogen-bond acceptors (Lipinski definition) is 2. The third-order valence-corrected chi connectivity index (χ3v) is 3.90. The molecule has 0 aliphatic heterocycles. The molecule has 0 spiro atoms. The molecule has 0 bridgehead atoms. The van der Waals surface area contributed by atoms with Crippen LogP contribution >= 0.6 is 0 Å². The van der Waals surface area contributed by atoms with Crippen LogP contribution in [0.1, 0.15) is 21.5 Å². The molecule has 3 N–H and O–H groups in total. The molecule has 0 radical (unpaired) electrons. The second-order valence-corrected chi connectivity index (χ2v) is 5.37. The summed E-state index contributed by atoms with van der Waals surface area (Å²) in [4.78, 5) is 11.0. The molecule has 0 heterocycles. The van der Waals surface area contributed by atoms with Gasteiger partial charge in [0.25, 0.3) is 0 Å². The zero-order valence-electron chi connectivity index (χ0n) is 11.3. The lowest BCUT2D eigenvalue weighted by Gasteiger charge is -2.12. The van der Waals surface area contributed by atoms with E-state index in [4.69, 9.17) is 5.73 Å². The number of primary amides is 1. The zero-order valence-corrected chi connectivity index (χ0v) is 11.3. The third-order valence-electron chi connectivity index (χ3n) is 3.90. The number of nitrogens with one attached hydrogen (secondary N) is 1. The van der Waals surface area contributed by atoms with Crippen LogP contribution in [0.3, 0.4) is 0 Å². The van der Waals surface area contributed by atoms with Crippen molar-refractivity contribution in [1.82, 2.24) is 0 Å². The van der Waals surface area contributed by atoms with Crippen LogP contribution in [0.2, 0.25) is 0 Å². The van der Waals surface area contributed by atoms with Crippen LogP contribution in [0.5, 0.6) is 0 Å². The van der Waals surface area contributed by atoms with Crippen LogP contribution in [0.4, 0.5) is 5.69 Å². The molecule has 0 saturated carbocycles. The van der Waals surface area contributed by atoms with Crippen molar-refractivity contribution in [3.05, 3.63) is 65.2 Å². The number of benzene rings is 2. The van der Waals surface area contributed by atoms with Gasteiger partial charge in [0.2, 0.25) is 5.91 Å². The summed E-state index contributed by atoms with van der Waals surface area (Å²) in [6, 6.07) is 16.0. The van der Waals surface area contributed by atoms with E-state index in [0.717, 1.165) is 25.1 Å². The van der Waals surface area contributed by atoms with Crippen molar-refractivity contribution in [2.75, 3.05) is 11.9 Å². The number of fused-ring (bicyclic) bond motifs is 1. The molecule has 0 saturated heterocycles. The van der Waals surface area contributed by atoms with Crippen LogP contribution in [0, 0.1) is 5.92 Å². The van der Waals surface area contributed by atoms with Gasteiger partial charge in [0.1, 0.15) is 0 Å². The van der Waals surface area contributed by atoms with Gasteiger partial charge in [0.15, 0.2) is 0 Å². The average Bonchev–Trinajstić information content (AvgIpc) is 2.88. The maximum absolute atomic E-state index is 11.0. The van der Waals surface area contributed by atoms with E-state index in [1.807, 2.05) is 12.1 Å². The van der Waals surface area contributed by atoms with Crippen LogP contribution in [0.25, 0.3) is 0 Å². The quantitative estimate of drug-likeness (QED) is 0.893. The van der Waals surface area contributed by atoms with Crippen molar-refractivity contribution in [2.24, 2.45) is 11.7 Å². The Kier molecular flexibility index (Phi) is 3.42. The number of carbonyl (C=O) groups excluding carboxylic acids is 1. The van der Waals surface area contributed by atoms with E-state index >= 15 is 0 Å². The van der Waals surface area contributed by atoms with Crippen molar-refractivity contribution in [3.8, 4) is 0 Å². The molecule has 3 heteroatoms. The summed E-state index contributed by atoms with van der Waals surface area (Å²) in [5.74, 6) is 0.256. The molecule has 1 aliphatic carbocycles. The zero-order chi connectivity index (χ0) is 13.9. The van der Waals surface area contributed by atoms with E-state index in [2.05, 4.69) is 29.6 Å². The Balaban J connectivity index is 1.57. The molecule has 3 rings (SSSR count). The summed E-state index contributed by atoms with van der Waals surface area (Å²) < 4.78 is 0. The Morgan fingerprint density at radius 3 is 2.20 bits per heavy atom. The molecule has 0 unspecified atom stereocenters. The molecule has 1 aliphatic rings. The Hall–Kier alpha value is -2.29. The number of nitrogens with two attached hydrogens (primary N) is 1. The first kappa shape index (κ1) is 12.7. The molecule has 0 atom stereocenters. The first-order chi connectivity index (χ1) is 9.72. The molecule has 102 valence electrons. The van der Waals surface area contributed by atoms with Crippen molar-refractivity contribution >= 4 is 11.6 Å². The molecule has 3 nitrogen and oxygen atoms in total. The maximum atomic E-state index is 11.0. The molecule has 2 aromatic rings. The van der Waals surface area contributed by atoms with Crippen LogP contribution in [-0.4, -0.2) is 12.5 Å². The number of rotatable bonds is 4. The van der Waals surface area contributed by atoms with E-state index in [1.165, 1.54) is 11.1 Å². The fourth-order valence-corrected chi connectivity index (χ4v) is 2.81. The largest absolute Gasteiger partial charge is 0.385 e. The van der Waals surface area contributed by atoms with Gasteiger partial charge in [-0.2, -0.15) is 0 Å². The Labute approximate surface area is 118 Å². The highest BCUT2D eigenvalue weighted by Gasteiger charge is 2.20. The fourth-order valence-electron chi connectivity index (χ4n) is 2.81. The molecule has 2 aromatic carbocycles. The number of hydrogen-bond donors (Lipinski definition) is 2. The first-order valence-corrected chi connectivity index (χ1v) is 6.93. The van der Waals surface area contributed by atoms with Gasteiger partial charge in [-0.25, -0.2) is 0 Å². The Morgan fingerprint density at radius 1 is 1.05 bits per heavy atom. The maximum Gasteiger partial charge on any atom is 0.248 e. The van der Waals surface area contributed by atoms with E-state index in [-0.39, 0.29) is 5.91 Å². The van der Waals surface area contributed by atoms with Gasteiger partial charge in [-0.15, -0.1) is 0 Å². The minimum Gasteiger partial charge on any atom is -0.385 e. The van der Waals surface area contributed by atoms with Gasteiger partial charge < -0.3 is 11.1 Å². The number of carbonyl (C=O) groups is 1. The topological polar surface area (TPSA) is 55.1 Å². The van der Waals surface area contributed by atoms with E-state index in [1.54, 1.807) is 12.1 Å². The lowest BCUT2D eigenvalue weighted by Crippen LogP contribution is -2.15. The lowest BCUT2D eigenvalue weighted by molar-refractivity contribution is 0.100. The van der Waals surface area contributed by atoms with Gasteiger partial charge in [-0.1, -0.05) is 24.3 Å². The molecule has 0 aromatic heterocycles. The highest BCUT2D eigenvalue weighted by atomic mass is 16.1. The fraction of sp³-hybridized carbons (Fsp3) is 0.235. The SMILES string of the molecule is NC(=O)c1ccc(NCC2Cc3ccccc3C2)cc1. The first-order valence-electron chi connectivity index (χ1n) is 6.93. The second kappa shape index (κ2) is 5.37. The van der Waals surface area contributed by atoms with Gasteiger partial charge in [0, 0.05) is 17.8 Å². The predicted octanol–water partition coefficient (Wildman–Crippen LogP) is 2.61. The number of amides is 1. The minimum absolute atomic E-state index is 0.386. The summed E-state index contributed by atoms with van der Waals surface area (Å²) in [5, 5.41) is 3.44. The number of anilines is 1. The summed E-state index contributed by atoms with van der Waals surface area (Å²) >= 11 is 0. The van der Waals surface area contributed by atoms with Crippen molar-refractivity contribution in [3.63, 3.8) is 0 Å². The molecule has 20 heavy (non-hydrogen) atoms. The molecule has 1 amide bonds. The monoisotopic (exact) mass is 266 g/mol. The van der Waals surface area contributed by atoms with Crippen molar-refractivity contribution < 1.29 is 4.79 Å². The highest BCUT2D eigenvalue weighted by Crippen LogP contribution is 2.26. The third kappa shape index (κ3) is 2.67. The van der Waals surface area contributed by atoms with Crippen LogP contribution in [-0.2, 0) is 12.8 Å². The standard InChI is InChI=1S/C17H18N2O/c18-17(20)13-5-7-16(8-6-13)19-11-12-9-14-3-1-2-4-15(14)10-12/h1-8,12,19H,9-11H2,(H2,18,20). The van der Waals surface area contributed by atoms with E-state index < -0.39 is 0 Å². The summed E-state index contributed by atoms with van der Waals surface area (Å²) in [5.41, 5.74) is 9.76. The Bertz CT molecular complexity index is 594. The predicted molar refractivity (Wildman–Crippen MR) is 80.8 cm³/mol. The van der Waals surface area contributed by atoms with Gasteiger partial charge in [-0.05, 0) is 54.2 Å².